The molecule has 1 aromatic heterocycles. The van der Waals surface area contributed by atoms with Crippen LogP contribution in [0.15, 0.2) is 17.1 Å². The van der Waals surface area contributed by atoms with Crippen LogP contribution in [0.5, 0.6) is 0 Å². The number of fused-ring (bicyclic) bond motifs is 5. The molecule has 0 radical (unpaired) electrons. The summed E-state index contributed by atoms with van der Waals surface area (Å²) in [5.41, 5.74) is 3.25. The van der Waals surface area contributed by atoms with Crippen molar-refractivity contribution in [3.05, 3.63) is 29.1 Å². The van der Waals surface area contributed by atoms with Gasteiger partial charge in [-0.2, -0.15) is 5.10 Å². The number of allylic oxidation sites excluding steroid dienone is 2. The normalized spacial score (nSPS) is 28.4. The van der Waals surface area contributed by atoms with Gasteiger partial charge in [0, 0.05) is 45.0 Å². The lowest BCUT2D eigenvalue weighted by atomic mass is 9.85. The van der Waals surface area contributed by atoms with Gasteiger partial charge in [-0.1, -0.05) is 12.2 Å². The van der Waals surface area contributed by atoms with Gasteiger partial charge in [0.1, 0.15) is 0 Å². The number of amides is 2. The molecule has 0 spiro atoms. The summed E-state index contributed by atoms with van der Waals surface area (Å²) in [7, 11) is 3.64. The fourth-order valence-corrected chi connectivity index (χ4v) is 4.94. The first-order valence-corrected chi connectivity index (χ1v) is 9.89. The summed E-state index contributed by atoms with van der Waals surface area (Å²) in [5.74, 6) is 0.891. The lowest BCUT2D eigenvalue weighted by molar-refractivity contribution is -0.140. The van der Waals surface area contributed by atoms with Crippen molar-refractivity contribution < 1.29 is 9.59 Å². The summed E-state index contributed by atoms with van der Waals surface area (Å²) in [4.78, 5) is 31.1. The fourth-order valence-electron chi connectivity index (χ4n) is 4.94. The van der Waals surface area contributed by atoms with Crippen molar-refractivity contribution in [2.24, 2.45) is 35.7 Å². The molecule has 150 valence electrons. The lowest BCUT2D eigenvalue weighted by Gasteiger charge is -2.18. The van der Waals surface area contributed by atoms with Crippen LogP contribution in [0.4, 0.5) is 0 Å². The van der Waals surface area contributed by atoms with Crippen molar-refractivity contribution in [2.75, 3.05) is 20.1 Å². The Morgan fingerprint density at radius 3 is 2.36 bits per heavy atom. The number of guanidine groups is 1. The molecule has 2 heterocycles. The number of hydrogen-bond donors (Lipinski definition) is 2. The molecule has 1 saturated heterocycles. The second-order valence-corrected chi connectivity index (χ2v) is 7.95. The van der Waals surface area contributed by atoms with Gasteiger partial charge in [-0.3, -0.25) is 24.2 Å². The number of nitrogens with one attached hydrogen (secondary N) is 2. The van der Waals surface area contributed by atoms with E-state index in [1.54, 1.807) is 7.05 Å². The Balaban J connectivity index is 1.30. The molecule has 2 fully saturated rings. The number of aryl methyl sites for hydroxylation is 2. The fraction of sp³-hybridized carbons (Fsp3) is 0.600. The van der Waals surface area contributed by atoms with Gasteiger partial charge in [-0.15, -0.1) is 0 Å². The monoisotopic (exact) mass is 384 g/mol. The van der Waals surface area contributed by atoms with Crippen LogP contribution in [0.1, 0.15) is 23.4 Å². The van der Waals surface area contributed by atoms with E-state index in [9.17, 15) is 9.59 Å². The number of likely N-dealkylation sites (tertiary alicyclic amines) is 1. The maximum Gasteiger partial charge on any atom is 0.233 e. The molecular formula is C20H28N6O2. The SMILES string of the molecule is CN=C(NCCN1C(=O)C2C3C=CC(C3)C2C1=O)NCc1c(C)nn(C)c1C. The van der Waals surface area contributed by atoms with Crippen molar-refractivity contribution in [3.63, 3.8) is 0 Å². The maximum absolute atomic E-state index is 12.7. The molecule has 4 unspecified atom stereocenters. The van der Waals surface area contributed by atoms with E-state index in [1.807, 2.05) is 25.6 Å². The molecular weight excluding hydrogens is 356 g/mol. The second-order valence-electron chi connectivity index (χ2n) is 7.95. The van der Waals surface area contributed by atoms with Crippen molar-refractivity contribution >= 4 is 17.8 Å². The molecule has 2 amide bonds. The predicted octanol–water partition coefficient (Wildman–Crippen LogP) is 0.509. The van der Waals surface area contributed by atoms with E-state index in [0.717, 1.165) is 23.4 Å². The summed E-state index contributed by atoms with van der Waals surface area (Å²) < 4.78 is 1.87. The molecule has 1 aliphatic heterocycles. The first-order valence-electron chi connectivity index (χ1n) is 9.89. The van der Waals surface area contributed by atoms with Gasteiger partial charge in [0.05, 0.1) is 17.5 Å². The molecule has 2 bridgehead atoms. The quantitative estimate of drug-likeness (QED) is 0.334. The number of rotatable bonds is 5. The minimum absolute atomic E-state index is 0.00166. The Bertz CT molecular complexity index is 840. The highest BCUT2D eigenvalue weighted by atomic mass is 16.2. The Morgan fingerprint density at radius 1 is 1.18 bits per heavy atom. The van der Waals surface area contributed by atoms with E-state index < -0.39 is 0 Å². The minimum Gasteiger partial charge on any atom is -0.355 e. The topological polar surface area (TPSA) is 91.6 Å². The first kappa shape index (κ1) is 18.7. The number of hydrogen-bond acceptors (Lipinski definition) is 4. The third-order valence-electron chi connectivity index (χ3n) is 6.50. The average Bonchev–Trinajstić information content (AvgIpc) is 3.40. The minimum atomic E-state index is -0.128. The van der Waals surface area contributed by atoms with Crippen molar-refractivity contribution in [2.45, 2.75) is 26.8 Å². The summed E-state index contributed by atoms with van der Waals surface area (Å²) in [6.45, 7) is 5.49. The number of aromatic nitrogens is 2. The molecule has 8 nitrogen and oxygen atoms in total. The van der Waals surface area contributed by atoms with Gasteiger partial charge >= 0.3 is 0 Å². The van der Waals surface area contributed by atoms with Gasteiger partial charge in [0.2, 0.25) is 11.8 Å². The van der Waals surface area contributed by atoms with Crippen molar-refractivity contribution in [1.82, 2.24) is 25.3 Å². The predicted molar refractivity (Wildman–Crippen MR) is 105 cm³/mol. The number of aliphatic imine (C=N–C) groups is 1. The first-order chi connectivity index (χ1) is 13.4. The van der Waals surface area contributed by atoms with Crippen LogP contribution in [-0.4, -0.2) is 52.6 Å². The standard InChI is InChI=1S/C20H28N6O2/c1-11-15(12(2)25(4)24-11)10-23-20(21-3)22-7-8-26-18(27)16-13-5-6-14(9-13)17(16)19(26)28/h5-6,13-14,16-17H,7-10H2,1-4H3,(H2,21,22,23). The van der Waals surface area contributed by atoms with Crippen LogP contribution >= 0.6 is 0 Å². The zero-order chi connectivity index (χ0) is 20.0. The highest BCUT2D eigenvalue weighted by molar-refractivity contribution is 6.06. The summed E-state index contributed by atoms with van der Waals surface area (Å²) in [6, 6.07) is 0. The number of carbonyl (C=O) groups excluding carboxylic acids is 2. The van der Waals surface area contributed by atoms with E-state index in [4.69, 9.17) is 0 Å². The molecule has 2 N–H and O–H groups in total. The lowest BCUT2D eigenvalue weighted by Crippen LogP contribution is -2.43. The summed E-state index contributed by atoms with van der Waals surface area (Å²) in [6.07, 6.45) is 5.20. The molecule has 0 aromatic carbocycles. The van der Waals surface area contributed by atoms with Crippen LogP contribution in [0.2, 0.25) is 0 Å². The van der Waals surface area contributed by atoms with E-state index in [1.165, 1.54) is 4.90 Å². The molecule has 1 aromatic rings. The number of carbonyl (C=O) groups is 2. The third kappa shape index (κ3) is 2.91. The summed E-state index contributed by atoms with van der Waals surface area (Å²) >= 11 is 0. The van der Waals surface area contributed by atoms with Gasteiger partial charge in [-0.25, -0.2) is 0 Å². The Morgan fingerprint density at radius 2 is 1.82 bits per heavy atom. The van der Waals surface area contributed by atoms with Gasteiger partial charge in [0.15, 0.2) is 5.96 Å². The van der Waals surface area contributed by atoms with Crippen LogP contribution in [-0.2, 0) is 23.2 Å². The number of imide groups is 1. The van der Waals surface area contributed by atoms with E-state index in [-0.39, 0.29) is 35.5 Å². The average molecular weight is 384 g/mol. The van der Waals surface area contributed by atoms with Gasteiger partial charge in [0.25, 0.3) is 0 Å². The highest BCUT2D eigenvalue weighted by Gasteiger charge is 2.58. The van der Waals surface area contributed by atoms with Crippen molar-refractivity contribution in [3.8, 4) is 0 Å². The molecule has 4 rings (SSSR count). The molecule has 8 heteroatoms. The zero-order valence-corrected chi connectivity index (χ0v) is 16.9. The molecule has 1 saturated carbocycles. The third-order valence-corrected chi connectivity index (χ3v) is 6.50. The van der Waals surface area contributed by atoms with Gasteiger partial charge < -0.3 is 10.6 Å². The van der Waals surface area contributed by atoms with Crippen LogP contribution in [0.3, 0.4) is 0 Å². The Hall–Kier alpha value is -2.64. The molecule has 3 aliphatic rings. The van der Waals surface area contributed by atoms with Crippen molar-refractivity contribution in [1.29, 1.82) is 0 Å². The Labute approximate surface area is 165 Å². The van der Waals surface area contributed by atoms with E-state index in [2.05, 4.69) is 32.9 Å². The van der Waals surface area contributed by atoms with Crippen LogP contribution < -0.4 is 10.6 Å². The maximum atomic E-state index is 12.7. The second kappa shape index (κ2) is 7.07. The zero-order valence-electron chi connectivity index (χ0n) is 16.9. The van der Waals surface area contributed by atoms with E-state index in [0.29, 0.717) is 25.6 Å². The molecule has 28 heavy (non-hydrogen) atoms. The molecule has 2 aliphatic carbocycles. The number of nitrogens with zero attached hydrogens (tertiary/aromatic N) is 4. The molecule has 4 atom stereocenters. The smallest absolute Gasteiger partial charge is 0.233 e. The largest absolute Gasteiger partial charge is 0.355 e. The van der Waals surface area contributed by atoms with Crippen LogP contribution in [0.25, 0.3) is 0 Å². The summed E-state index contributed by atoms with van der Waals surface area (Å²) in [5, 5.41) is 10.9. The van der Waals surface area contributed by atoms with Gasteiger partial charge in [-0.05, 0) is 32.1 Å². The Kier molecular flexibility index (Phi) is 4.72. The van der Waals surface area contributed by atoms with Crippen LogP contribution in [0, 0.1) is 37.5 Å². The highest BCUT2D eigenvalue weighted by Crippen LogP contribution is 2.52. The van der Waals surface area contributed by atoms with E-state index >= 15 is 0 Å².